The zero-order valence-corrected chi connectivity index (χ0v) is 12.8. The van der Waals surface area contributed by atoms with Crippen molar-refractivity contribution in [2.75, 3.05) is 11.5 Å². The lowest BCUT2D eigenvalue weighted by Gasteiger charge is -2.15. The molecule has 0 aliphatic rings. The van der Waals surface area contributed by atoms with E-state index in [4.69, 9.17) is 11.5 Å². The molecule has 0 saturated carbocycles. The lowest BCUT2D eigenvalue weighted by atomic mass is 9.96. The minimum absolute atomic E-state index is 0.809. The Hall–Kier alpha value is -1.70. The molecule has 0 unspecified atom stereocenters. The summed E-state index contributed by atoms with van der Waals surface area (Å²) in [6.45, 7) is 10.4. The molecule has 0 fully saturated rings. The molecule has 0 amide bonds. The Labute approximate surface area is 117 Å². The number of nitrogens with two attached hydrogens (primary N) is 2. The zero-order valence-electron chi connectivity index (χ0n) is 12.8. The van der Waals surface area contributed by atoms with Crippen molar-refractivity contribution in [1.29, 1.82) is 0 Å². The third-order valence-electron chi connectivity index (χ3n) is 3.26. The van der Waals surface area contributed by atoms with Crippen molar-refractivity contribution in [2.24, 2.45) is 0 Å². The molecule has 0 aliphatic carbocycles. The third kappa shape index (κ3) is 4.16. The number of aryl methyl sites for hydroxylation is 1. The summed E-state index contributed by atoms with van der Waals surface area (Å²) in [7, 11) is 0. The summed E-state index contributed by atoms with van der Waals surface area (Å²) in [5, 5.41) is 0. The molecule has 0 aromatic heterocycles. The van der Waals surface area contributed by atoms with Gasteiger partial charge in [-0.25, -0.2) is 0 Å². The van der Waals surface area contributed by atoms with Crippen LogP contribution in [0.25, 0.3) is 0 Å². The second-order valence-corrected chi connectivity index (χ2v) is 5.63. The average Bonchev–Trinajstić information content (AvgIpc) is 2.31. The number of rotatable bonds is 4. The minimum atomic E-state index is 0.809. The fourth-order valence-corrected chi connectivity index (χ4v) is 2.00. The number of allylic oxidation sites excluding steroid dienone is 4. The van der Waals surface area contributed by atoms with E-state index in [1.165, 1.54) is 16.7 Å². The fraction of sp³-hybridized carbons (Fsp3) is 0.412. The molecule has 0 spiro atoms. The topological polar surface area (TPSA) is 52.0 Å². The SMILES string of the molecule is CC(C)=CCc1cc(C)c(N)c(CC=C(C)C)c1N. The summed E-state index contributed by atoms with van der Waals surface area (Å²) in [6, 6.07) is 2.11. The van der Waals surface area contributed by atoms with Gasteiger partial charge in [0, 0.05) is 16.9 Å². The van der Waals surface area contributed by atoms with Gasteiger partial charge in [-0.3, -0.25) is 0 Å². The summed E-state index contributed by atoms with van der Waals surface area (Å²) >= 11 is 0. The normalized spacial score (nSPS) is 10.2. The van der Waals surface area contributed by atoms with Gasteiger partial charge in [0.1, 0.15) is 0 Å². The maximum atomic E-state index is 6.29. The fourth-order valence-electron chi connectivity index (χ4n) is 2.00. The van der Waals surface area contributed by atoms with Crippen molar-refractivity contribution in [3.05, 3.63) is 46.1 Å². The van der Waals surface area contributed by atoms with Crippen molar-refractivity contribution < 1.29 is 0 Å². The summed E-state index contributed by atoms with van der Waals surface area (Å²) in [6.07, 6.45) is 6.05. The van der Waals surface area contributed by atoms with Crippen LogP contribution in [0.3, 0.4) is 0 Å². The van der Waals surface area contributed by atoms with E-state index in [0.717, 1.165) is 35.3 Å². The van der Waals surface area contributed by atoms with Gasteiger partial charge in [-0.05, 0) is 58.6 Å². The Kier molecular flexibility index (Phi) is 5.22. The minimum Gasteiger partial charge on any atom is -0.398 e. The lowest BCUT2D eigenvalue weighted by Crippen LogP contribution is -2.06. The van der Waals surface area contributed by atoms with E-state index in [2.05, 4.69) is 45.9 Å². The first-order valence-corrected chi connectivity index (χ1v) is 6.76. The van der Waals surface area contributed by atoms with Gasteiger partial charge in [-0.2, -0.15) is 0 Å². The maximum Gasteiger partial charge on any atom is 0.0406 e. The van der Waals surface area contributed by atoms with Gasteiger partial charge in [0.15, 0.2) is 0 Å². The monoisotopic (exact) mass is 258 g/mol. The second kappa shape index (κ2) is 6.46. The van der Waals surface area contributed by atoms with Crippen LogP contribution in [0, 0.1) is 6.92 Å². The molecule has 0 saturated heterocycles. The quantitative estimate of drug-likeness (QED) is 0.629. The van der Waals surface area contributed by atoms with Gasteiger partial charge in [0.2, 0.25) is 0 Å². The number of benzene rings is 1. The first-order valence-electron chi connectivity index (χ1n) is 6.76. The molecule has 2 heteroatoms. The molecule has 0 atom stereocenters. The molecule has 0 aliphatic heterocycles. The Balaban J connectivity index is 3.22. The van der Waals surface area contributed by atoms with Crippen LogP contribution in [0.15, 0.2) is 29.4 Å². The van der Waals surface area contributed by atoms with Crippen LogP contribution in [0.5, 0.6) is 0 Å². The Morgan fingerprint density at radius 3 is 2.00 bits per heavy atom. The molecule has 4 N–H and O–H groups in total. The predicted molar refractivity (Wildman–Crippen MR) is 86.3 cm³/mol. The van der Waals surface area contributed by atoms with Gasteiger partial charge in [-0.1, -0.05) is 29.4 Å². The standard InChI is InChI=1S/C17H26N2/c1-11(2)6-8-14-10-13(5)16(18)15(17(14)19)9-7-12(3)4/h6-7,10H,8-9,18-19H2,1-5H3. The van der Waals surface area contributed by atoms with Gasteiger partial charge >= 0.3 is 0 Å². The van der Waals surface area contributed by atoms with Crippen LogP contribution < -0.4 is 11.5 Å². The highest BCUT2D eigenvalue weighted by Crippen LogP contribution is 2.29. The summed E-state index contributed by atoms with van der Waals surface area (Å²) in [4.78, 5) is 0. The first-order chi connectivity index (χ1) is 8.82. The smallest absolute Gasteiger partial charge is 0.0406 e. The molecule has 19 heavy (non-hydrogen) atoms. The summed E-state index contributed by atoms with van der Waals surface area (Å²) < 4.78 is 0. The highest BCUT2D eigenvalue weighted by Gasteiger charge is 2.10. The second-order valence-electron chi connectivity index (χ2n) is 5.63. The van der Waals surface area contributed by atoms with Crippen LogP contribution in [0.1, 0.15) is 44.4 Å². The van der Waals surface area contributed by atoms with Crippen molar-refractivity contribution in [3.8, 4) is 0 Å². The van der Waals surface area contributed by atoms with Crippen LogP contribution in [-0.4, -0.2) is 0 Å². The van der Waals surface area contributed by atoms with Crippen LogP contribution in [0.2, 0.25) is 0 Å². The first kappa shape index (κ1) is 15.4. The van der Waals surface area contributed by atoms with E-state index >= 15 is 0 Å². The lowest BCUT2D eigenvalue weighted by molar-refractivity contribution is 1.16. The van der Waals surface area contributed by atoms with Crippen molar-refractivity contribution >= 4 is 11.4 Å². The van der Waals surface area contributed by atoms with E-state index in [1.807, 2.05) is 6.92 Å². The molecule has 0 bridgehead atoms. The number of hydrogen-bond acceptors (Lipinski definition) is 2. The third-order valence-corrected chi connectivity index (χ3v) is 3.26. The van der Waals surface area contributed by atoms with Crippen LogP contribution in [0.4, 0.5) is 11.4 Å². The van der Waals surface area contributed by atoms with Crippen molar-refractivity contribution in [3.63, 3.8) is 0 Å². The Morgan fingerprint density at radius 2 is 1.47 bits per heavy atom. The highest BCUT2D eigenvalue weighted by molar-refractivity contribution is 5.69. The van der Waals surface area contributed by atoms with Gasteiger partial charge < -0.3 is 11.5 Å². The van der Waals surface area contributed by atoms with Gasteiger partial charge in [-0.15, -0.1) is 0 Å². The van der Waals surface area contributed by atoms with E-state index in [0.29, 0.717) is 0 Å². The largest absolute Gasteiger partial charge is 0.398 e. The molecule has 104 valence electrons. The molecule has 0 heterocycles. The van der Waals surface area contributed by atoms with Gasteiger partial charge in [0.25, 0.3) is 0 Å². The van der Waals surface area contributed by atoms with Crippen molar-refractivity contribution in [2.45, 2.75) is 47.5 Å². The van der Waals surface area contributed by atoms with Crippen LogP contribution >= 0.6 is 0 Å². The number of anilines is 2. The Morgan fingerprint density at radius 1 is 0.947 bits per heavy atom. The Bertz CT molecular complexity index is 515. The highest BCUT2D eigenvalue weighted by atomic mass is 14.6. The van der Waals surface area contributed by atoms with Gasteiger partial charge in [0.05, 0.1) is 0 Å². The summed E-state index contributed by atoms with van der Waals surface area (Å²) in [5.74, 6) is 0. The molecular weight excluding hydrogens is 232 g/mol. The molecule has 0 radical (unpaired) electrons. The molecule has 1 aromatic rings. The van der Waals surface area contributed by atoms with E-state index < -0.39 is 0 Å². The number of hydrogen-bond donors (Lipinski definition) is 2. The van der Waals surface area contributed by atoms with Crippen molar-refractivity contribution in [1.82, 2.24) is 0 Å². The number of nitrogen functional groups attached to an aromatic ring is 2. The summed E-state index contributed by atoms with van der Waals surface area (Å²) in [5.41, 5.74) is 20.1. The molecular formula is C17H26N2. The maximum absolute atomic E-state index is 6.29. The molecule has 1 rings (SSSR count). The zero-order chi connectivity index (χ0) is 14.6. The average molecular weight is 258 g/mol. The van der Waals surface area contributed by atoms with E-state index in [9.17, 15) is 0 Å². The van der Waals surface area contributed by atoms with E-state index in [1.54, 1.807) is 0 Å². The molecule has 1 aromatic carbocycles. The van der Waals surface area contributed by atoms with Crippen LogP contribution in [-0.2, 0) is 12.8 Å². The molecule has 2 nitrogen and oxygen atoms in total. The predicted octanol–water partition coefficient (Wildman–Crippen LogP) is 4.18. The van der Waals surface area contributed by atoms with E-state index in [-0.39, 0.29) is 0 Å².